The van der Waals surface area contributed by atoms with Gasteiger partial charge in [0.1, 0.15) is 10.7 Å². The molecule has 7 heteroatoms. The highest BCUT2D eigenvalue weighted by atomic mass is 32.1. The van der Waals surface area contributed by atoms with E-state index in [-0.39, 0.29) is 11.7 Å². The van der Waals surface area contributed by atoms with E-state index < -0.39 is 0 Å². The van der Waals surface area contributed by atoms with Crippen molar-refractivity contribution in [2.45, 2.75) is 20.3 Å². The fraction of sp³-hybridized carbons (Fsp3) is 0.636. The molecule has 4 N–H and O–H groups in total. The van der Waals surface area contributed by atoms with Crippen molar-refractivity contribution in [2.24, 2.45) is 0 Å². The highest BCUT2D eigenvalue weighted by molar-refractivity contribution is 7.18. The van der Waals surface area contributed by atoms with Gasteiger partial charge in [-0.2, -0.15) is 0 Å². The Bertz CT molecular complexity index is 381. The molecule has 1 rings (SSSR count). The number of hydrogen-bond acceptors (Lipinski definition) is 6. The number of carbonyl (C=O) groups is 1. The van der Waals surface area contributed by atoms with E-state index >= 15 is 0 Å². The maximum atomic E-state index is 11.8. The molecule has 0 spiro atoms. The van der Waals surface area contributed by atoms with E-state index in [4.69, 9.17) is 10.5 Å². The van der Waals surface area contributed by atoms with Gasteiger partial charge in [-0.3, -0.25) is 4.79 Å². The standard InChI is InChI=1S/C11H20N4O2S/c1-3-5-14-11-15-9(12)8(18-11)10(16)13-6-7-17-4-2/h3-7,12H2,1-2H3,(H,13,16)(H,14,15). The van der Waals surface area contributed by atoms with Crippen molar-refractivity contribution in [3.63, 3.8) is 0 Å². The average Bonchev–Trinajstić information content (AvgIpc) is 2.73. The summed E-state index contributed by atoms with van der Waals surface area (Å²) in [6, 6.07) is 0. The van der Waals surface area contributed by atoms with Crippen LogP contribution in [-0.4, -0.2) is 37.2 Å². The summed E-state index contributed by atoms with van der Waals surface area (Å²) in [4.78, 5) is 16.4. The van der Waals surface area contributed by atoms with Gasteiger partial charge < -0.3 is 21.1 Å². The molecule has 1 heterocycles. The number of ether oxygens (including phenoxy) is 1. The van der Waals surface area contributed by atoms with Crippen LogP contribution in [0, 0.1) is 0 Å². The Morgan fingerprint density at radius 3 is 2.89 bits per heavy atom. The van der Waals surface area contributed by atoms with Crippen LogP contribution in [0.2, 0.25) is 0 Å². The molecule has 102 valence electrons. The Morgan fingerprint density at radius 2 is 2.22 bits per heavy atom. The molecule has 1 aromatic rings. The number of thiazole rings is 1. The van der Waals surface area contributed by atoms with Crippen molar-refractivity contribution in [1.82, 2.24) is 10.3 Å². The maximum Gasteiger partial charge on any atom is 0.265 e. The number of nitrogens with two attached hydrogens (primary N) is 1. The Balaban J connectivity index is 2.48. The van der Waals surface area contributed by atoms with Crippen LogP contribution in [0.1, 0.15) is 29.9 Å². The molecule has 0 saturated carbocycles. The zero-order chi connectivity index (χ0) is 13.4. The van der Waals surface area contributed by atoms with E-state index in [2.05, 4.69) is 22.5 Å². The molecule has 18 heavy (non-hydrogen) atoms. The van der Waals surface area contributed by atoms with Crippen molar-refractivity contribution in [1.29, 1.82) is 0 Å². The molecule has 0 aliphatic carbocycles. The quantitative estimate of drug-likeness (QED) is 0.621. The molecule has 0 radical (unpaired) electrons. The van der Waals surface area contributed by atoms with Gasteiger partial charge in [-0.15, -0.1) is 0 Å². The average molecular weight is 272 g/mol. The van der Waals surface area contributed by atoms with Gasteiger partial charge in [0.25, 0.3) is 5.91 Å². The molecule has 1 amide bonds. The first-order valence-electron chi connectivity index (χ1n) is 6.05. The monoisotopic (exact) mass is 272 g/mol. The SMILES string of the molecule is CCCNc1nc(N)c(C(=O)NCCOCC)s1. The molecular formula is C11H20N4O2S. The first-order valence-corrected chi connectivity index (χ1v) is 6.86. The summed E-state index contributed by atoms with van der Waals surface area (Å²) in [5.74, 6) is 0.0711. The largest absolute Gasteiger partial charge is 0.382 e. The summed E-state index contributed by atoms with van der Waals surface area (Å²) in [6.07, 6.45) is 0.995. The van der Waals surface area contributed by atoms with E-state index in [1.165, 1.54) is 11.3 Å². The van der Waals surface area contributed by atoms with Gasteiger partial charge in [-0.25, -0.2) is 4.98 Å². The van der Waals surface area contributed by atoms with Crippen molar-refractivity contribution in [3.05, 3.63) is 4.88 Å². The normalized spacial score (nSPS) is 10.3. The zero-order valence-corrected chi connectivity index (χ0v) is 11.6. The summed E-state index contributed by atoms with van der Waals surface area (Å²) in [6.45, 7) is 6.41. The van der Waals surface area contributed by atoms with E-state index in [1.807, 2.05) is 6.92 Å². The summed E-state index contributed by atoms with van der Waals surface area (Å²) in [7, 11) is 0. The third kappa shape index (κ3) is 4.50. The lowest BCUT2D eigenvalue weighted by molar-refractivity contribution is 0.0927. The Morgan fingerprint density at radius 1 is 1.44 bits per heavy atom. The number of rotatable bonds is 8. The van der Waals surface area contributed by atoms with Crippen LogP contribution in [-0.2, 0) is 4.74 Å². The lowest BCUT2D eigenvalue weighted by Crippen LogP contribution is -2.27. The van der Waals surface area contributed by atoms with E-state index in [0.29, 0.717) is 29.8 Å². The number of anilines is 2. The van der Waals surface area contributed by atoms with Crippen LogP contribution in [0.25, 0.3) is 0 Å². The summed E-state index contributed by atoms with van der Waals surface area (Å²) < 4.78 is 5.14. The molecule has 0 aromatic carbocycles. The molecule has 0 aliphatic heterocycles. The summed E-state index contributed by atoms with van der Waals surface area (Å²) >= 11 is 1.27. The lowest BCUT2D eigenvalue weighted by Gasteiger charge is -2.03. The first kappa shape index (κ1) is 14.7. The summed E-state index contributed by atoms with van der Waals surface area (Å²) in [5, 5.41) is 6.54. The lowest BCUT2D eigenvalue weighted by atomic mass is 10.4. The van der Waals surface area contributed by atoms with Gasteiger partial charge in [0.2, 0.25) is 0 Å². The van der Waals surface area contributed by atoms with E-state index in [0.717, 1.165) is 13.0 Å². The Kier molecular flexibility index (Phi) is 6.45. The fourth-order valence-electron chi connectivity index (χ4n) is 1.26. The second kappa shape index (κ2) is 7.88. The molecule has 1 aromatic heterocycles. The molecule has 6 nitrogen and oxygen atoms in total. The van der Waals surface area contributed by atoms with Crippen LogP contribution in [0.4, 0.5) is 10.9 Å². The number of nitrogens with one attached hydrogen (secondary N) is 2. The Hall–Kier alpha value is -1.34. The van der Waals surface area contributed by atoms with Crippen LogP contribution < -0.4 is 16.4 Å². The summed E-state index contributed by atoms with van der Waals surface area (Å²) in [5.41, 5.74) is 5.71. The van der Waals surface area contributed by atoms with Crippen LogP contribution >= 0.6 is 11.3 Å². The second-order valence-electron chi connectivity index (χ2n) is 3.61. The third-order valence-corrected chi connectivity index (χ3v) is 3.15. The third-order valence-electron chi connectivity index (χ3n) is 2.12. The highest BCUT2D eigenvalue weighted by Crippen LogP contribution is 2.24. The van der Waals surface area contributed by atoms with E-state index in [9.17, 15) is 4.79 Å². The van der Waals surface area contributed by atoms with Gasteiger partial charge >= 0.3 is 0 Å². The minimum Gasteiger partial charge on any atom is -0.382 e. The number of nitrogen functional groups attached to an aromatic ring is 1. The topological polar surface area (TPSA) is 89.3 Å². The first-order chi connectivity index (χ1) is 8.69. The number of amides is 1. The molecule has 0 fully saturated rings. The molecule has 0 aliphatic rings. The van der Waals surface area contributed by atoms with Gasteiger partial charge in [0.15, 0.2) is 5.13 Å². The van der Waals surface area contributed by atoms with Crippen molar-refractivity contribution < 1.29 is 9.53 Å². The fourth-order valence-corrected chi connectivity index (χ4v) is 2.09. The number of carbonyl (C=O) groups excluding carboxylic acids is 1. The van der Waals surface area contributed by atoms with Crippen molar-refractivity contribution in [3.8, 4) is 0 Å². The minimum atomic E-state index is -0.200. The number of aromatic nitrogens is 1. The highest BCUT2D eigenvalue weighted by Gasteiger charge is 2.15. The van der Waals surface area contributed by atoms with Crippen LogP contribution in [0.15, 0.2) is 0 Å². The predicted octanol–water partition coefficient (Wildman–Crippen LogP) is 1.31. The van der Waals surface area contributed by atoms with Gasteiger partial charge in [-0.05, 0) is 13.3 Å². The van der Waals surface area contributed by atoms with Crippen LogP contribution in [0.5, 0.6) is 0 Å². The van der Waals surface area contributed by atoms with E-state index in [1.54, 1.807) is 0 Å². The maximum absolute atomic E-state index is 11.8. The predicted molar refractivity (Wildman–Crippen MR) is 74.1 cm³/mol. The van der Waals surface area contributed by atoms with Crippen molar-refractivity contribution >= 4 is 28.2 Å². The van der Waals surface area contributed by atoms with Gasteiger partial charge in [-0.1, -0.05) is 18.3 Å². The second-order valence-corrected chi connectivity index (χ2v) is 4.61. The van der Waals surface area contributed by atoms with Crippen molar-refractivity contribution in [2.75, 3.05) is 37.4 Å². The molecule has 0 unspecified atom stereocenters. The molecule has 0 bridgehead atoms. The zero-order valence-electron chi connectivity index (χ0n) is 10.8. The van der Waals surface area contributed by atoms with Gasteiger partial charge in [0, 0.05) is 19.7 Å². The van der Waals surface area contributed by atoms with Gasteiger partial charge in [0.05, 0.1) is 6.61 Å². The Labute approximate surface area is 111 Å². The molecule has 0 saturated heterocycles. The minimum absolute atomic E-state index is 0.200. The smallest absolute Gasteiger partial charge is 0.265 e. The van der Waals surface area contributed by atoms with Crippen LogP contribution in [0.3, 0.4) is 0 Å². The molecule has 0 atom stereocenters. The molecular weight excluding hydrogens is 252 g/mol. The number of hydrogen-bond donors (Lipinski definition) is 3. The number of nitrogens with zero attached hydrogens (tertiary/aromatic N) is 1.